The molecule has 0 saturated carbocycles. The van der Waals surface area contributed by atoms with Crippen molar-refractivity contribution in [3.8, 4) is 0 Å². The molecule has 0 amide bonds. The van der Waals surface area contributed by atoms with Gasteiger partial charge in [-0.15, -0.1) is 0 Å². The van der Waals surface area contributed by atoms with Crippen molar-refractivity contribution in [1.29, 1.82) is 0 Å². The number of benzene rings is 1. The van der Waals surface area contributed by atoms with Crippen molar-refractivity contribution in [3.63, 3.8) is 0 Å². The van der Waals surface area contributed by atoms with Gasteiger partial charge in [-0.2, -0.15) is 0 Å². The number of hydrogen-bond acceptors (Lipinski definition) is 2. The lowest BCUT2D eigenvalue weighted by atomic mass is 9.87. The minimum Gasteiger partial charge on any atom is -0.391 e. The van der Waals surface area contributed by atoms with Crippen molar-refractivity contribution in [2.75, 3.05) is 20.1 Å². The van der Waals surface area contributed by atoms with E-state index >= 15 is 0 Å². The average Bonchev–Trinajstić information content (AvgIpc) is 2.17. The molecule has 0 bridgehead atoms. The van der Waals surface area contributed by atoms with E-state index in [-0.39, 0.29) is 6.10 Å². The first-order chi connectivity index (χ1) is 7.16. The van der Waals surface area contributed by atoms with Gasteiger partial charge in [0.2, 0.25) is 0 Å². The van der Waals surface area contributed by atoms with Crippen LogP contribution in [0.4, 0.5) is 0 Å². The minimum absolute atomic E-state index is 0.217. The van der Waals surface area contributed by atoms with E-state index < -0.39 is 0 Å². The largest absolute Gasteiger partial charge is 0.391 e. The highest BCUT2D eigenvalue weighted by Crippen LogP contribution is 2.28. The molecule has 1 aromatic carbocycles. The first-order valence-electron chi connectivity index (χ1n) is 5.60. The van der Waals surface area contributed by atoms with Gasteiger partial charge < -0.3 is 10.0 Å². The summed E-state index contributed by atoms with van der Waals surface area (Å²) < 4.78 is 0. The van der Waals surface area contributed by atoms with Crippen molar-refractivity contribution in [1.82, 2.24) is 4.90 Å². The Labute approximate surface area is 91.5 Å². The fourth-order valence-corrected chi connectivity index (χ4v) is 2.38. The molecule has 2 heteroatoms. The number of nitrogens with zero attached hydrogens (tertiary/aromatic N) is 1. The highest BCUT2D eigenvalue weighted by Gasteiger charge is 2.26. The summed E-state index contributed by atoms with van der Waals surface area (Å²) >= 11 is 0. The third kappa shape index (κ3) is 2.39. The molecule has 1 aliphatic heterocycles. The van der Waals surface area contributed by atoms with Gasteiger partial charge >= 0.3 is 0 Å². The molecule has 0 spiro atoms. The molecule has 1 heterocycles. The second-order valence-corrected chi connectivity index (χ2v) is 4.64. The van der Waals surface area contributed by atoms with Crippen LogP contribution in [0.25, 0.3) is 0 Å². The predicted molar refractivity (Wildman–Crippen MR) is 62.0 cm³/mol. The number of rotatable bonds is 1. The van der Waals surface area contributed by atoms with E-state index in [1.54, 1.807) is 0 Å². The SMILES string of the molecule is Cc1cccc([C@H]2CCN(C)C[C@H]2O)c1. The van der Waals surface area contributed by atoms with E-state index in [1.165, 1.54) is 11.1 Å². The average molecular weight is 205 g/mol. The first kappa shape index (κ1) is 10.7. The summed E-state index contributed by atoms with van der Waals surface area (Å²) in [6.45, 7) is 3.97. The van der Waals surface area contributed by atoms with E-state index in [1.807, 2.05) is 0 Å². The van der Waals surface area contributed by atoms with E-state index in [0.29, 0.717) is 5.92 Å². The number of piperidine rings is 1. The minimum atomic E-state index is -0.217. The topological polar surface area (TPSA) is 23.5 Å². The summed E-state index contributed by atoms with van der Waals surface area (Å²) in [6.07, 6.45) is 0.840. The summed E-state index contributed by atoms with van der Waals surface area (Å²) in [5, 5.41) is 10.0. The molecular formula is C13H19NO. The van der Waals surface area contributed by atoms with Gasteiger partial charge in [-0.05, 0) is 32.5 Å². The maximum atomic E-state index is 10.0. The normalized spacial score (nSPS) is 27.9. The molecule has 1 fully saturated rings. The lowest BCUT2D eigenvalue weighted by Crippen LogP contribution is -2.40. The van der Waals surface area contributed by atoms with Gasteiger partial charge in [0, 0.05) is 12.5 Å². The molecule has 0 aromatic heterocycles. The molecule has 1 aromatic rings. The fraction of sp³-hybridized carbons (Fsp3) is 0.538. The van der Waals surface area contributed by atoms with Gasteiger partial charge in [-0.25, -0.2) is 0 Å². The third-order valence-corrected chi connectivity index (χ3v) is 3.26. The van der Waals surface area contributed by atoms with Crippen LogP contribution in [0.5, 0.6) is 0 Å². The lowest BCUT2D eigenvalue weighted by molar-refractivity contribution is 0.0638. The molecule has 1 aliphatic rings. The molecular weight excluding hydrogens is 186 g/mol. The molecule has 1 saturated heterocycles. The second-order valence-electron chi connectivity index (χ2n) is 4.64. The quantitative estimate of drug-likeness (QED) is 0.755. The van der Waals surface area contributed by atoms with E-state index in [0.717, 1.165) is 19.5 Å². The first-order valence-corrected chi connectivity index (χ1v) is 5.60. The van der Waals surface area contributed by atoms with Crippen molar-refractivity contribution in [3.05, 3.63) is 35.4 Å². The molecule has 2 nitrogen and oxygen atoms in total. The molecule has 82 valence electrons. The van der Waals surface area contributed by atoms with E-state index in [4.69, 9.17) is 0 Å². The van der Waals surface area contributed by atoms with Gasteiger partial charge in [0.05, 0.1) is 6.10 Å². The van der Waals surface area contributed by atoms with Crippen LogP contribution in [0.3, 0.4) is 0 Å². The van der Waals surface area contributed by atoms with Crippen LogP contribution in [0.2, 0.25) is 0 Å². The Morgan fingerprint density at radius 3 is 2.87 bits per heavy atom. The predicted octanol–water partition coefficient (Wildman–Crippen LogP) is 1.78. The Balaban J connectivity index is 2.17. The smallest absolute Gasteiger partial charge is 0.0735 e. The highest BCUT2D eigenvalue weighted by molar-refractivity contribution is 5.26. The standard InChI is InChI=1S/C13H19NO/c1-10-4-3-5-11(8-10)12-6-7-14(2)9-13(12)15/h3-5,8,12-13,15H,6-7,9H2,1-2H3/t12-,13-/m1/s1. The van der Waals surface area contributed by atoms with Crippen LogP contribution < -0.4 is 0 Å². The summed E-state index contributed by atoms with van der Waals surface area (Å²) in [6, 6.07) is 8.51. The molecule has 0 aliphatic carbocycles. The Morgan fingerprint density at radius 1 is 1.40 bits per heavy atom. The van der Waals surface area contributed by atoms with Gasteiger partial charge in [0.15, 0.2) is 0 Å². The number of β-amino-alcohol motifs (C(OH)–C–C–N with tert-alkyl or cyclic N) is 1. The van der Waals surface area contributed by atoms with Gasteiger partial charge in [-0.3, -0.25) is 0 Å². The number of hydrogen-bond donors (Lipinski definition) is 1. The molecule has 0 radical (unpaired) electrons. The Kier molecular flexibility index (Phi) is 3.08. The zero-order valence-electron chi connectivity index (χ0n) is 9.48. The molecule has 15 heavy (non-hydrogen) atoms. The maximum Gasteiger partial charge on any atom is 0.0735 e. The number of aliphatic hydroxyl groups is 1. The summed E-state index contributed by atoms with van der Waals surface area (Å²) in [7, 11) is 2.07. The van der Waals surface area contributed by atoms with E-state index in [9.17, 15) is 5.11 Å². The zero-order valence-corrected chi connectivity index (χ0v) is 9.48. The van der Waals surface area contributed by atoms with Gasteiger partial charge in [0.25, 0.3) is 0 Å². The monoisotopic (exact) mass is 205 g/mol. The Bertz CT molecular complexity index is 337. The van der Waals surface area contributed by atoms with Crippen molar-refractivity contribution in [2.24, 2.45) is 0 Å². The van der Waals surface area contributed by atoms with Crippen LogP contribution in [-0.2, 0) is 0 Å². The lowest BCUT2D eigenvalue weighted by Gasteiger charge is -2.34. The third-order valence-electron chi connectivity index (χ3n) is 3.26. The van der Waals surface area contributed by atoms with Crippen molar-refractivity contribution < 1.29 is 5.11 Å². The van der Waals surface area contributed by atoms with Crippen LogP contribution in [0.15, 0.2) is 24.3 Å². The molecule has 1 N–H and O–H groups in total. The summed E-state index contributed by atoms with van der Waals surface area (Å²) in [5.74, 6) is 0.320. The van der Waals surface area contributed by atoms with Crippen molar-refractivity contribution >= 4 is 0 Å². The van der Waals surface area contributed by atoms with Crippen LogP contribution >= 0.6 is 0 Å². The number of likely N-dealkylation sites (tertiary alicyclic amines) is 1. The van der Waals surface area contributed by atoms with Crippen molar-refractivity contribution in [2.45, 2.75) is 25.4 Å². The van der Waals surface area contributed by atoms with Gasteiger partial charge in [-0.1, -0.05) is 29.8 Å². The number of aryl methyl sites for hydroxylation is 1. The fourth-order valence-electron chi connectivity index (χ4n) is 2.38. The second kappa shape index (κ2) is 4.33. The maximum absolute atomic E-state index is 10.0. The molecule has 0 unspecified atom stereocenters. The van der Waals surface area contributed by atoms with Gasteiger partial charge in [0.1, 0.15) is 0 Å². The van der Waals surface area contributed by atoms with Crippen LogP contribution in [0, 0.1) is 6.92 Å². The molecule has 2 atom stereocenters. The number of aliphatic hydroxyl groups excluding tert-OH is 1. The zero-order chi connectivity index (χ0) is 10.8. The summed E-state index contributed by atoms with van der Waals surface area (Å²) in [5.41, 5.74) is 2.56. The highest BCUT2D eigenvalue weighted by atomic mass is 16.3. The van der Waals surface area contributed by atoms with Crippen LogP contribution in [0.1, 0.15) is 23.5 Å². The Hall–Kier alpha value is -0.860. The molecule has 2 rings (SSSR count). The number of likely N-dealkylation sites (N-methyl/N-ethyl adjacent to an activating group) is 1. The Morgan fingerprint density at radius 2 is 2.20 bits per heavy atom. The van der Waals surface area contributed by atoms with Crippen LogP contribution in [-0.4, -0.2) is 36.2 Å². The summed E-state index contributed by atoms with van der Waals surface area (Å²) in [4.78, 5) is 2.19. The van der Waals surface area contributed by atoms with E-state index in [2.05, 4.69) is 43.1 Å².